The minimum absolute atomic E-state index is 0.664. The number of phosphoric acid groups is 3. The molecule has 0 aliphatic carbocycles. The molecule has 6 atom stereocenters. The molecule has 20 nitrogen and oxygen atoms in total. The van der Waals surface area contributed by atoms with Crippen LogP contribution in [0.5, 0.6) is 0 Å². The summed E-state index contributed by atoms with van der Waals surface area (Å²) < 4.78 is 56.8. The molecule has 1 aromatic heterocycles. The van der Waals surface area contributed by atoms with E-state index in [-0.39, 0.29) is 0 Å². The van der Waals surface area contributed by atoms with Crippen molar-refractivity contribution in [3.8, 4) is 0 Å². The van der Waals surface area contributed by atoms with Crippen LogP contribution in [-0.2, 0) is 36.3 Å². The zero-order valence-electron chi connectivity index (χ0n) is 16.0. The summed E-state index contributed by atoms with van der Waals surface area (Å²) in [6, 6.07) is -0.887. The smallest absolute Gasteiger partial charge is 0.388 e. The quantitative estimate of drug-likeness (QED) is 0.0879. The number of nitrogens with zero attached hydrogens (tertiary/aromatic N) is 4. The highest BCUT2D eigenvalue weighted by Gasteiger charge is 2.57. The zero-order chi connectivity index (χ0) is 25.2. The highest BCUT2D eigenvalue weighted by Crippen LogP contribution is 2.66. The van der Waals surface area contributed by atoms with E-state index in [2.05, 4.69) is 23.2 Å². The van der Waals surface area contributed by atoms with Crippen LogP contribution >= 0.6 is 23.5 Å². The van der Waals surface area contributed by atoms with Gasteiger partial charge < -0.3 is 34.2 Å². The molecule has 23 heteroatoms. The third kappa shape index (κ3) is 6.89. The van der Waals surface area contributed by atoms with E-state index < -0.39 is 65.5 Å². The number of phosphoric ester groups is 1. The molecule has 33 heavy (non-hydrogen) atoms. The average Bonchev–Trinajstić information content (AvgIpc) is 2.91. The molecule has 0 bridgehead atoms. The van der Waals surface area contributed by atoms with Gasteiger partial charge in [0.1, 0.15) is 18.8 Å². The van der Waals surface area contributed by atoms with Crippen LogP contribution in [0.25, 0.3) is 10.4 Å². The van der Waals surface area contributed by atoms with Crippen molar-refractivity contribution in [2.24, 2.45) is 5.11 Å². The molecule has 2 heterocycles. The van der Waals surface area contributed by atoms with Gasteiger partial charge in [-0.15, -0.1) is 0 Å². The van der Waals surface area contributed by atoms with Crippen molar-refractivity contribution in [1.29, 1.82) is 0 Å². The Kier molecular flexibility index (Phi) is 8.23. The van der Waals surface area contributed by atoms with Crippen LogP contribution in [-0.4, -0.2) is 65.9 Å². The van der Waals surface area contributed by atoms with Gasteiger partial charge >= 0.3 is 29.2 Å². The number of rotatable bonds is 10. The number of hydrogen-bond donors (Lipinski definition) is 6. The number of methoxy groups -OCH3 is 1. The molecule has 0 aromatic carbocycles. The number of nitrogens with one attached hydrogen (secondary N) is 1. The van der Waals surface area contributed by atoms with E-state index in [1.807, 2.05) is 4.98 Å². The van der Waals surface area contributed by atoms with E-state index in [9.17, 15) is 38.2 Å². The van der Waals surface area contributed by atoms with Crippen LogP contribution in [0.15, 0.2) is 27.0 Å². The second kappa shape index (κ2) is 9.87. The number of aromatic nitrogens is 2. The van der Waals surface area contributed by atoms with E-state index in [0.29, 0.717) is 4.57 Å². The number of hydrogen-bond acceptors (Lipinski definition) is 12. The largest absolute Gasteiger partial charge is 0.490 e. The first kappa shape index (κ1) is 27.5. The standard InChI is InChI=1S/C10H16N5O15P3/c1-26-10(4-27-32(22,23)30-33(24,25)29-31(19,20)21)7(13-14-11)6(17)8(28-10)15-3-2-5(16)12-9(15)18/h2-3,6-8,17H,4H2,1H3,(H,22,23)(H,24,25)(H,12,16,18)(H2,19,20,21)/t6-,7?,8-,10-/m1/s1. The maximum atomic E-state index is 12.0. The van der Waals surface area contributed by atoms with Crippen LogP contribution in [0.3, 0.4) is 0 Å². The first-order valence-corrected chi connectivity index (χ1v) is 12.6. The highest BCUT2D eigenvalue weighted by atomic mass is 31.3. The Morgan fingerprint density at radius 1 is 1.24 bits per heavy atom. The topological polar surface area (TPSA) is 302 Å². The Balaban J connectivity index is 2.33. The summed E-state index contributed by atoms with van der Waals surface area (Å²) in [5.41, 5.74) is 6.94. The molecular weight excluding hydrogens is 523 g/mol. The summed E-state index contributed by atoms with van der Waals surface area (Å²) >= 11 is 0. The number of aliphatic hydroxyl groups excluding tert-OH is 1. The molecule has 6 N–H and O–H groups in total. The molecule has 186 valence electrons. The van der Waals surface area contributed by atoms with Crippen molar-refractivity contribution in [2.45, 2.75) is 24.2 Å². The Morgan fingerprint density at radius 2 is 1.88 bits per heavy atom. The predicted molar refractivity (Wildman–Crippen MR) is 99.9 cm³/mol. The number of azide groups is 1. The van der Waals surface area contributed by atoms with Crippen LogP contribution in [0.2, 0.25) is 0 Å². The molecule has 0 amide bonds. The molecule has 1 aromatic rings. The van der Waals surface area contributed by atoms with Crippen molar-refractivity contribution < 1.29 is 61.0 Å². The van der Waals surface area contributed by atoms with E-state index in [0.717, 1.165) is 19.4 Å². The van der Waals surface area contributed by atoms with Gasteiger partial charge in [0.2, 0.25) is 5.79 Å². The van der Waals surface area contributed by atoms with Crippen LogP contribution in [0, 0.1) is 0 Å². The first-order valence-electron chi connectivity index (χ1n) is 8.10. The van der Waals surface area contributed by atoms with Gasteiger partial charge in [-0.3, -0.25) is 18.9 Å². The maximum absolute atomic E-state index is 12.0. The van der Waals surface area contributed by atoms with E-state index >= 15 is 0 Å². The second-order valence-corrected chi connectivity index (χ2v) is 10.5. The Labute approximate surface area is 181 Å². The normalized spacial score (nSPS) is 29.1. The number of ether oxygens (including phenoxy) is 2. The lowest BCUT2D eigenvalue weighted by Crippen LogP contribution is -2.47. The van der Waals surface area contributed by atoms with Crippen molar-refractivity contribution in [2.75, 3.05) is 13.7 Å². The third-order valence-corrected chi connectivity index (χ3v) is 7.66. The number of aliphatic hydroxyl groups is 1. The summed E-state index contributed by atoms with van der Waals surface area (Å²) in [7, 11) is -16.2. The average molecular weight is 539 g/mol. The van der Waals surface area contributed by atoms with Gasteiger partial charge in [0.05, 0.1) is 0 Å². The van der Waals surface area contributed by atoms with E-state index in [1.54, 1.807) is 0 Å². The fraction of sp³-hybridized carbons (Fsp3) is 0.600. The van der Waals surface area contributed by atoms with Crippen molar-refractivity contribution in [1.82, 2.24) is 9.55 Å². The third-order valence-electron chi connectivity index (χ3n) is 3.88. The fourth-order valence-electron chi connectivity index (χ4n) is 2.64. The molecule has 1 fully saturated rings. The lowest BCUT2D eigenvalue weighted by molar-refractivity contribution is -0.246. The Morgan fingerprint density at radius 3 is 2.39 bits per heavy atom. The van der Waals surface area contributed by atoms with Gasteiger partial charge in [-0.05, 0) is 5.53 Å². The Hall–Kier alpha value is -1.72. The van der Waals surface area contributed by atoms with E-state index in [1.165, 1.54) is 0 Å². The van der Waals surface area contributed by atoms with Gasteiger partial charge in [-0.25, -0.2) is 18.5 Å². The van der Waals surface area contributed by atoms with Gasteiger partial charge in [0.25, 0.3) is 5.56 Å². The molecule has 3 unspecified atom stereocenters. The first-order chi connectivity index (χ1) is 15.0. The van der Waals surface area contributed by atoms with Crippen LogP contribution in [0.4, 0.5) is 0 Å². The molecule has 1 aliphatic rings. The molecule has 0 saturated carbocycles. The van der Waals surface area contributed by atoms with Crippen molar-refractivity contribution in [3.63, 3.8) is 0 Å². The highest BCUT2D eigenvalue weighted by molar-refractivity contribution is 7.66. The monoisotopic (exact) mass is 539 g/mol. The van der Waals surface area contributed by atoms with Crippen LogP contribution in [0.1, 0.15) is 6.23 Å². The number of aromatic amines is 1. The summed E-state index contributed by atoms with van der Waals surface area (Å²) in [5.74, 6) is -2.42. The fourth-order valence-corrected chi connectivity index (χ4v) is 5.68. The number of H-pyrrole nitrogens is 1. The SMILES string of the molecule is CO[C@]1(COP(=O)(O)OP(=O)(O)OP(=O)(O)O)O[C@@H](n2ccc(=O)[nH]c2=O)[C@H](O)C1N=[N+]=[N-]. The molecule has 2 rings (SSSR count). The van der Waals surface area contributed by atoms with E-state index in [4.69, 9.17) is 24.8 Å². The maximum Gasteiger partial charge on any atom is 0.490 e. The van der Waals surface area contributed by atoms with Crippen molar-refractivity contribution >= 4 is 23.5 Å². The molecule has 0 spiro atoms. The van der Waals surface area contributed by atoms with Gasteiger partial charge in [-0.1, -0.05) is 5.11 Å². The van der Waals surface area contributed by atoms with Gasteiger partial charge in [0, 0.05) is 24.3 Å². The minimum atomic E-state index is -5.83. The lowest BCUT2D eigenvalue weighted by Gasteiger charge is -2.31. The van der Waals surface area contributed by atoms with Crippen molar-refractivity contribution in [3.05, 3.63) is 43.5 Å². The minimum Gasteiger partial charge on any atom is -0.388 e. The zero-order valence-corrected chi connectivity index (χ0v) is 18.7. The molecular formula is C10H16N5O15P3. The summed E-state index contributed by atoms with van der Waals surface area (Å²) in [6.07, 6.45) is -2.65. The van der Waals surface area contributed by atoms with Gasteiger partial charge in [0.15, 0.2) is 6.23 Å². The summed E-state index contributed by atoms with van der Waals surface area (Å²) in [4.78, 5) is 63.5. The Bertz CT molecular complexity index is 1190. The predicted octanol–water partition coefficient (Wildman–Crippen LogP) is -1.21. The summed E-state index contributed by atoms with van der Waals surface area (Å²) in [6.45, 7) is -1.28. The lowest BCUT2D eigenvalue weighted by atomic mass is 10.1. The molecule has 1 aliphatic heterocycles. The van der Waals surface area contributed by atoms with Crippen LogP contribution < -0.4 is 11.2 Å². The summed E-state index contributed by atoms with van der Waals surface area (Å²) in [5, 5.41) is 13.8. The van der Waals surface area contributed by atoms with Gasteiger partial charge in [-0.2, -0.15) is 8.62 Å². The molecule has 0 radical (unpaired) electrons. The molecule has 1 saturated heterocycles. The second-order valence-electron chi connectivity index (χ2n) is 6.05.